The third kappa shape index (κ3) is 5.14. The lowest BCUT2D eigenvalue weighted by Crippen LogP contribution is -2.06. The van der Waals surface area contributed by atoms with Crippen molar-refractivity contribution in [2.75, 3.05) is 18.5 Å². The van der Waals surface area contributed by atoms with Gasteiger partial charge >= 0.3 is 0 Å². The second kappa shape index (κ2) is 6.80. The highest BCUT2D eigenvalue weighted by molar-refractivity contribution is 9.10. The molecule has 0 aromatic carbocycles. The molecule has 0 spiro atoms. The van der Waals surface area contributed by atoms with Crippen LogP contribution in [0.3, 0.4) is 0 Å². The van der Waals surface area contributed by atoms with Crippen LogP contribution in [-0.2, 0) is 0 Å². The number of halogens is 1. The molecule has 0 saturated heterocycles. The monoisotopic (exact) mass is 272 g/mol. The molecule has 0 fully saturated rings. The molecular formula is C11H17BrN2O. The molecule has 0 amide bonds. The average Bonchev–Trinajstić information content (AvgIpc) is 2.24. The van der Waals surface area contributed by atoms with Crippen molar-refractivity contribution in [3.05, 3.63) is 22.9 Å². The molecule has 1 aromatic heterocycles. The lowest BCUT2D eigenvalue weighted by molar-refractivity contribution is 0.229. The fourth-order valence-electron chi connectivity index (χ4n) is 1.28. The first kappa shape index (κ1) is 12.5. The van der Waals surface area contributed by atoms with E-state index >= 15 is 0 Å². The Bertz CT molecular complexity index is 294. The predicted molar refractivity (Wildman–Crippen MR) is 65.9 cm³/mol. The van der Waals surface area contributed by atoms with Crippen molar-refractivity contribution in [2.24, 2.45) is 5.92 Å². The van der Waals surface area contributed by atoms with Crippen molar-refractivity contribution < 1.29 is 5.11 Å². The van der Waals surface area contributed by atoms with E-state index in [-0.39, 0.29) is 6.61 Å². The van der Waals surface area contributed by atoms with Gasteiger partial charge in [0.25, 0.3) is 0 Å². The minimum atomic E-state index is 0.276. The first-order chi connectivity index (χ1) is 7.22. The molecule has 15 heavy (non-hydrogen) atoms. The summed E-state index contributed by atoms with van der Waals surface area (Å²) in [6, 6.07) is 2.00. The average molecular weight is 273 g/mol. The number of nitrogens with one attached hydrogen (secondary N) is 1. The van der Waals surface area contributed by atoms with Crippen molar-refractivity contribution in [1.29, 1.82) is 0 Å². The highest BCUT2D eigenvalue weighted by Gasteiger charge is 1.99. The molecule has 0 aliphatic heterocycles. The van der Waals surface area contributed by atoms with E-state index in [1.54, 1.807) is 12.4 Å². The van der Waals surface area contributed by atoms with Crippen LogP contribution in [0.2, 0.25) is 0 Å². The fraction of sp³-hybridized carbons (Fsp3) is 0.545. The Labute approximate surface area is 99.1 Å². The van der Waals surface area contributed by atoms with Gasteiger partial charge in [-0.1, -0.05) is 6.92 Å². The first-order valence-corrected chi connectivity index (χ1v) is 5.97. The fourth-order valence-corrected chi connectivity index (χ4v) is 1.65. The Morgan fingerprint density at radius 1 is 1.53 bits per heavy atom. The molecule has 3 nitrogen and oxygen atoms in total. The molecule has 0 saturated carbocycles. The molecule has 4 heteroatoms. The second-order valence-electron chi connectivity index (χ2n) is 3.75. The van der Waals surface area contributed by atoms with E-state index in [0.717, 1.165) is 29.5 Å². The Balaban J connectivity index is 2.20. The van der Waals surface area contributed by atoms with Crippen LogP contribution in [0.4, 0.5) is 5.69 Å². The summed E-state index contributed by atoms with van der Waals surface area (Å²) in [5.74, 6) is 0.396. The zero-order valence-corrected chi connectivity index (χ0v) is 10.5. The summed E-state index contributed by atoms with van der Waals surface area (Å²) < 4.78 is 0.983. The lowest BCUT2D eigenvalue weighted by atomic mass is 10.1. The molecule has 0 radical (unpaired) electrons. The van der Waals surface area contributed by atoms with Crippen molar-refractivity contribution in [3.63, 3.8) is 0 Å². The summed E-state index contributed by atoms with van der Waals surface area (Å²) in [5, 5.41) is 12.1. The summed E-state index contributed by atoms with van der Waals surface area (Å²) >= 11 is 3.37. The molecule has 1 aromatic rings. The normalized spacial score (nSPS) is 12.5. The molecule has 1 unspecified atom stereocenters. The molecule has 2 N–H and O–H groups in total. The SMILES string of the molecule is CC(CO)CCCNc1cncc(Br)c1. The Morgan fingerprint density at radius 2 is 2.33 bits per heavy atom. The van der Waals surface area contributed by atoms with E-state index in [0.29, 0.717) is 5.92 Å². The number of rotatable bonds is 6. The smallest absolute Gasteiger partial charge is 0.0538 e. The largest absolute Gasteiger partial charge is 0.396 e. The van der Waals surface area contributed by atoms with Crippen LogP contribution in [0.15, 0.2) is 22.9 Å². The van der Waals surface area contributed by atoms with E-state index < -0.39 is 0 Å². The highest BCUT2D eigenvalue weighted by atomic mass is 79.9. The summed E-state index contributed by atoms with van der Waals surface area (Å²) in [6.45, 7) is 3.25. The van der Waals surface area contributed by atoms with Crippen LogP contribution in [-0.4, -0.2) is 23.2 Å². The summed E-state index contributed by atoms with van der Waals surface area (Å²) in [4.78, 5) is 4.06. The number of aliphatic hydroxyl groups excluding tert-OH is 1. The van der Waals surface area contributed by atoms with Gasteiger partial charge in [0, 0.05) is 23.8 Å². The van der Waals surface area contributed by atoms with Gasteiger partial charge in [0.2, 0.25) is 0 Å². The van der Waals surface area contributed by atoms with Gasteiger partial charge < -0.3 is 10.4 Å². The predicted octanol–water partition coefficient (Wildman–Crippen LogP) is 2.66. The highest BCUT2D eigenvalue weighted by Crippen LogP contribution is 2.13. The summed E-state index contributed by atoms with van der Waals surface area (Å²) in [5.41, 5.74) is 1.03. The summed E-state index contributed by atoms with van der Waals surface area (Å²) in [6.07, 6.45) is 5.68. The van der Waals surface area contributed by atoms with Crippen LogP contribution in [0.5, 0.6) is 0 Å². The van der Waals surface area contributed by atoms with Gasteiger partial charge in [-0.25, -0.2) is 0 Å². The van der Waals surface area contributed by atoms with E-state index in [1.807, 2.05) is 6.07 Å². The van der Waals surface area contributed by atoms with E-state index in [4.69, 9.17) is 5.11 Å². The number of pyridine rings is 1. The van der Waals surface area contributed by atoms with E-state index in [1.165, 1.54) is 0 Å². The number of aliphatic hydroxyl groups is 1. The van der Waals surface area contributed by atoms with Gasteiger partial charge in [-0.05, 0) is 40.8 Å². The number of aromatic nitrogens is 1. The Morgan fingerprint density at radius 3 is 3.00 bits per heavy atom. The minimum absolute atomic E-state index is 0.276. The molecule has 0 aliphatic carbocycles. The summed E-state index contributed by atoms with van der Waals surface area (Å²) in [7, 11) is 0. The molecule has 1 heterocycles. The zero-order chi connectivity index (χ0) is 11.1. The maximum Gasteiger partial charge on any atom is 0.0538 e. The maximum atomic E-state index is 8.85. The standard InChI is InChI=1S/C11H17BrN2O/c1-9(8-15)3-2-4-14-11-5-10(12)6-13-7-11/h5-7,9,14-15H,2-4,8H2,1H3. The van der Waals surface area contributed by atoms with Crippen molar-refractivity contribution in [2.45, 2.75) is 19.8 Å². The Hall–Kier alpha value is -0.610. The second-order valence-corrected chi connectivity index (χ2v) is 4.66. The van der Waals surface area contributed by atoms with Crippen molar-refractivity contribution in [3.8, 4) is 0 Å². The van der Waals surface area contributed by atoms with Gasteiger partial charge in [-0.3, -0.25) is 4.98 Å². The van der Waals surface area contributed by atoms with Gasteiger partial charge in [-0.15, -0.1) is 0 Å². The third-order valence-corrected chi connectivity index (χ3v) is 2.65. The first-order valence-electron chi connectivity index (χ1n) is 5.17. The van der Waals surface area contributed by atoms with Gasteiger partial charge in [0.1, 0.15) is 0 Å². The van der Waals surface area contributed by atoms with Gasteiger partial charge in [0.05, 0.1) is 11.9 Å². The zero-order valence-electron chi connectivity index (χ0n) is 8.91. The van der Waals surface area contributed by atoms with Gasteiger partial charge in [0.15, 0.2) is 0 Å². The van der Waals surface area contributed by atoms with Crippen LogP contribution in [0.25, 0.3) is 0 Å². The molecular weight excluding hydrogens is 256 g/mol. The van der Waals surface area contributed by atoms with Crippen LogP contribution >= 0.6 is 15.9 Å². The van der Waals surface area contributed by atoms with Gasteiger partial charge in [-0.2, -0.15) is 0 Å². The lowest BCUT2D eigenvalue weighted by Gasteiger charge is -2.09. The van der Waals surface area contributed by atoms with Crippen LogP contribution in [0, 0.1) is 5.92 Å². The minimum Gasteiger partial charge on any atom is -0.396 e. The molecule has 1 rings (SSSR count). The third-order valence-electron chi connectivity index (χ3n) is 2.22. The number of anilines is 1. The van der Waals surface area contributed by atoms with Crippen LogP contribution < -0.4 is 5.32 Å². The van der Waals surface area contributed by atoms with Crippen molar-refractivity contribution in [1.82, 2.24) is 4.98 Å². The number of nitrogens with zero attached hydrogens (tertiary/aromatic N) is 1. The molecule has 0 aliphatic rings. The maximum absolute atomic E-state index is 8.85. The molecule has 1 atom stereocenters. The number of hydrogen-bond donors (Lipinski definition) is 2. The quantitative estimate of drug-likeness (QED) is 0.783. The van der Waals surface area contributed by atoms with Crippen LogP contribution in [0.1, 0.15) is 19.8 Å². The topological polar surface area (TPSA) is 45.1 Å². The van der Waals surface area contributed by atoms with E-state index in [9.17, 15) is 0 Å². The molecule has 84 valence electrons. The number of hydrogen-bond acceptors (Lipinski definition) is 3. The Kier molecular flexibility index (Phi) is 5.65. The van der Waals surface area contributed by atoms with Crippen molar-refractivity contribution >= 4 is 21.6 Å². The molecule has 0 bridgehead atoms. The van der Waals surface area contributed by atoms with E-state index in [2.05, 4.69) is 33.2 Å².